The van der Waals surface area contributed by atoms with Gasteiger partial charge in [-0.05, 0) is 24.6 Å². The summed E-state index contributed by atoms with van der Waals surface area (Å²) in [6, 6.07) is 11.3. The number of amides is 1. The van der Waals surface area contributed by atoms with Crippen LogP contribution in [0.15, 0.2) is 53.9 Å². The van der Waals surface area contributed by atoms with Crippen molar-refractivity contribution >= 4 is 12.1 Å². The van der Waals surface area contributed by atoms with Crippen molar-refractivity contribution in [2.45, 2.75) is 6.92 Å². The molecule has 4 nitrogen and oxygen atoms in total. The molecule has 0 spiro atoms. The molecule has 0 unspecified atom stereocenters. The van der Waals surface area contributed by atoms with Crippen LogP contribution < -0.4 is 5.43 Å². The van der Waals surface area contributed by atoms with Gasteiger partial charge in [-0.3, -0.25) is 9.78 Å². The van der Waals surface area contributed by atoms with E-state index in [1.54, 1.807) is 24.5 Å². The minimum atomic E-state index is -0.272. The molecule has 2 rings (SSSR count). The number of aryl methyl sites for hydroxylation is 1. The fourth-order valence-corrected chi connectivity index (χ4v) is 1.38. The second-order valence-corrected chi connectivity index (χ2v) is 3.85. The Hall–Kier alpha value is -2.49. The number of nitrogens with zero attached hydrogens (tertiary/aromatic N) is 2. The van der Waals surface area contributed by atoms with Crippen molar-refractivity contribution in [3.63, 3.8) is 0 Å². The van der Waals surface area contributed by atoms with Crippen LogP contribution in [0, 0.1) is 6.92 Å². The predicted octanol–water partition coefficient (Wildman–Crippen LogP) is 2.15. The molecule has 0 fully saturated rings. The molecule has 1 amide bonds. The van der Waals surface area contributed by atoms with Crippen molar-refractivity contribution in [2.24, 2.45) is 5.10 Å². The largest absolute Gasteiger partial charge is 0.272 e. The second kappa shape index (κ2) is 5.72. The van der Waals surface area contributed by atoms with Gasteiger partial charge in [-0.15, -0.1) is 0 Å². The first kappa shape index (κ1) is 12.0. The summed E-state index contributed by atoms with van der Waals surface area (Å²) in [6.07, 6.45) is 4.72. The first-order valence-electron chi connectivity index (χ1n) is 5.56. The van der Waals surface area contributed by atoms with Crippen molar-refractivity contribution in [1.29, 1.82) is 0 Å². The van der Waals surface area contributed by atoms with E-state index in [1.165, 1.54) is 11.8 Å². The Morgan fingerprint density at radius 1 is 1.28 bits per heavy atom. The predicted molar refractivity (Wildman–Crippen MR) is 70.5 cm³/mol. The van der Waals surface area contributed by atoms with Gasteiger partial charge in [-0.25, -0.2) is 5.43 Å². The van der Waals surface area contributed by atoms with E-state index in [-0.39, 0.29) is 5.91 Å². The summed E-state index contributed by atoms with van der Waals surface area (Å²) in [5.74, 6) is -0.272. The van der Waals surface area contributed by atoms with Gasteiger partial charge in [-0.1, -0.05) is 29.8 Å². The van der Waals surface area contributed by atoms with E-state index in [2.05, 4.69) is 15.5 Å². The van der Waals surface area contributed by atoms with Crippen molar-refractivity contribution < 1.29 is 4.79 Å². The Balaban J connectivity index is 1.96. The molecule has 0 aliphatic heterocycles. The normalized spacial score (nSPS) is 10.5. The zero-order chi connectivity index (χ0) is 12.8. The molecule has 0 aliphatic rings. The number of carbonyl (C=O) groups excluding carboxylic acids is 1. The number of hydrogen-bond donors (Lipinski definition) is 1. The topological polar surface area (TPSA) is 54.4 Å². The molecular weight excluding hydrogens is 226 g/mol. The molecule has 18 heavy (non-hydrogen) atoms. The van der Waals surface area contributed by atoms with Crippen LogP contribution in [0.4, 0.5) is 0 Å². The highest BCUT2D eigenvalue weighted by Crippen LogP contribution is 2.00. The number of hydrazone groups is 1. The van der Waals surface area contributed by atoms with Crippen LogP contribution in [0.3, 0.4) is 0 Å². The van der Waals surface area contributed by atoms with Crippen LogP contribution in [-0.4, -0.2) is 17.1 Å². The van der Waals surface area contributed by atoms with E-state index >= 15 is 0 Å². The minimum Gasteiger partial charge on any atom is -0.267 e. The third-order valence-corrected chi connectivity index (χ3v) is 2.38. The van der Waals surface area contributed by atoms with Gasteiger partial charge in [0.05, 0.1) is 11.8 Å². The molecule has 0 bridgehead atoms. The highest BCUT2D eigenvalue weighted by Gasteiger charge is 2.01. The van der Waals surface area contributed by atoms with E-state index in [0.29, 0.717) is 5.56 Å². The first-order chi connectivity index (χ1) is 8.75. The molecule has 4 heteroatoms. The molecule has 0 atom stereocenters. The van der Waals surface area contributed by atoms with E-state index in [9.17, 15) is 4.79 Å². The average Bonchev–Trinajstić information content (AvgIpc) is 2.42. The fourth-order valence-electron chi connectivity index (χ4n) is 1.38. The van der Waals surface area contributed by atoms with Gasteiger partial charge >= 0.3 is 0 Å². The monoisotopic (exact) mass is 239 g/mol. The molecule has 2 aromatic rings. The summed E-state index contributed by atoms with van der Waals surface area (Å²) in [7, 11) is 0. The number of nitrogens with one attached hydrogen (secondary N) is 1. The molecule has 1 N–H and O–H groups in total. The fraction of sp³-hybridized carbons (Fsp3) is 0.0714. The number of pyridine rings is 1. The van der Waals surface area contributed by atoms with E-state index < -0.39 is 0 Å². The minimum absolute atomic E-state index is 0.272. The highest BCUT2D eigenvalue weighted by atomic mass is 16.2. The summed E-state index contributed by atoms with van der Waals surface area (Å²) in [5, 5.41) is 3.90. The zero-order valence-electron chi connectivity index (χ0n) is 10.00. The molecule has 0 saturated heterocycles. The van der Waals surface area contributed by atoms with Gasteiger partial charge in [0.2, 0.25) is 0 Å². The first-order valence-corrected chi connectivity index (χ1v) is 5.56. The smallest absolute Gasteiger partial charge is 0.267 e. The van der Waals surface area contributed by atoms with Crippen LogP contribution in [0.5, 0.6) is 0 Å². The summed E-state index contributed by atoms with van der Waals surface area (Å²) < 4.78 is 0. The maximum absolute atomic E-state index is 11.6. The Bertz CT molecular complexity index is 547. The molecule has 1 aromatic carbocycles. The van der Waals surface area contributed by atoms with Gasteiger partial charge in [-0.2, -0.15) is 5.10 Å². The lowest BCUT2D eigenvalue weighted by atomic mass is 10.2. The van der Waals surface area contributed by atoms with Gasteiger partial charge in [0.1, 0.15) is 0 Å². The zero-order valence-corrected chi connectivity index (χ0v) is 10.00. The lowest BCUT2D eigenvalue weighted by molar-refractivity contribution is 0.0955. The number of hydrogen-bond acceptors (Lipinski definition) is 3. The Morgan fingerprint density at radius 2 is 2.06 bits per heavy atom. The lowest BCUT2D eigenvalue weighted by Crippen LogP contribution is -2.17. The maximum Gasteiger partial charge on any atom is 0.272 e. The number of carbonyl (C=O) groups is 1. The van der Waals surface area contributed by atoms with Gasteiger partial charge < -0.3 is 0 Å². The van der Waals surface area contributed by atoms with Crippen LogP contribution >= 0.6 is 0 Å². The number of benzene rings is 1. The Kier molecular flexibility index (Phi) is 3.81. The van der Waals surface area contributed by atoms with Crippen molar-refractivity contribution in [3.05, 3.63) is 65.5 Å². The third-order valence-electron chi connectivity index (χ3n) is 2.38. The Labute approximate surface area is 105 Å². The highest BCUT2D eigenvalue weighted by molar-refractivity contribution is 5.94. The summed E-state index contributed by atoms with van der Waals surface area (Å²) in [4.78, 5) is 15.5. The maximum atomic E-state index is 11.6. The third kappa shape index (κ3) is 3.25. The van der Waals surface area contributed by atoms with Crippen LogP contribution in [0.2, 0.25) is 0 Å². The van der Waals surface area contributed by atoms with Gasteiger partial charge in [0.15, 0.2) is 0 Å². The molecule has 0 radical (unpaired) electrons. The van der Waals surface area contributed by atoms with Crippen LogP contribution in [-0.2, 0) is 0 Å². The molecule has 1 aromatic heterocycles. The summed E-state index contributed by atoms with van der Waals surface area (Å²) >= 11 is 0. The molecular formula is C14H13N3O. The quantitative estimate of drug-likeness (QED) is 0.659. The average molecular weight is 239 g/mol. The number of aromatic nitrogens is 1. The summed E-state index contributed by atoms with van der Waals surface area (Å²) in [6.45, 7) is 2.02. The standard InChI is InChI=1S/C14H13N3O/c1-11-4-6-12(7-5-11)9-16-17-14(18)13-3-2-8-15-10-13/h2-10H,1H3,(H,17,18). The summed E-state index contributed by atoms with van der Waals surface area (Å²) in [5.41, 5.74) is 5.06. The van der Waals surface area contributed by atoms with E-state index in [4.69, 9.17) is 0 Å². The SMILES string of the molecule is Cc1ccc(C=NNC(=O)c2cccnc2)cc1. The Morgan fingerprint density at radius 3 is 2.72 bits per heavy atom. The molecule has 0 saturated carbocycles. The molecule has 90 valence electrons. The van der Waals surface area contributed by atoms with E-state index in [0.717, 1.165) is 5.56 Å². The van der Waals surface area contributed by atoms with Crippen LogP contribution in [0.25, 0.3) is 0 Å². The lowest BCUT2D eigenvalue weighted by Gasteiger charge is -1.98. The molecule has 1 heterocycles. The second-order valence-electron chi connectivity index (χ2n) is 3.85. The van der Waals surface area contributed by atoms with Crippen molar-refractivity contribution in [3.8, 4) is 0 Å². The molecule has 0 aliphatic carbocycles. The van der Waals surface area contributed by atoms with Gasteiger partial charge in [0.25, 0.3) is 5.91 Å². The van der Waals surface area contributed by atoms with Crippen molar-refractivity contribution in [2.75, 3.05) is 0 Å². The van der Waals surface area contributed by atoms with Gasteiger partial charge in [0, 0.05) is 12.4 Å². The van der Waals surface area contributed by atoms with Crippen LogP contribution in [0.1, 0.15) is 21.5 Å². The number of rotatable bonds is 3. The van der Waals surface area contributed by atoms with Crippen molar-refractivity contribution in [1.82, 2.24) is 10.4 Å². The van der Waals surface area contributed by atoms with E-state index in [1.807, 2.05) is 31.2 Å².